The molecule has 124 valence electrons. The number of hydrogen-bond acceptors (Lipinski definition) is 4. The van der Waals surface area contributed by atoms with Gasteiger partial charge >= 0.3 is 0 Å². The van der Waals surface area contributed by atoms with Crippen molar-refractivity contribution in [2.75, 3.05) is 11.5 Å². The Morgan fingerprint density at radius 3 is 2.75 bits per heavy atom. The molecule has 4 nitrogen and oxygen atoms in total. The Bertz CT molecular complexity index is 732. The number of nitrogens with zero attached hydrogens (tertiary/aromatic N) is 1. The van der Waals surface area contributed by atoms with Gasteiger partial charge in [-0.25, -0.2) is 4.39 Å². The van der Waals surface area contributed by atoms with Gasteiger partial charge in [0.05, 0.1) is 23.6 Å². The van der Waals surface area contributed by atoms with Crippen molar-refractivity contribution in [3.8, 4) is 17.6 Å². The van der Waals surface area contributed by atoms with Crippen LogP contribution in [0, 0.1) is 17.1 Å². The van der Waals surface area contributed by atoms with Crippen molar-refractivity contribution < 1.29 is 13.9 Å². The maximum atomic E-state index is 14.2. The van der Waals surface area contributed by atoms with Crippen molar-refractivity contribution in [3.05, 3.63) is 59.9 Å². The highest BCUT2D eigenvalue weighted by Crippen LogP contribution is 2.26. The number of nitrogens with one attached hydrogen (secondary N) is 1. The fraction of sp³-hybridized carbons (Fsp3) is 0.222. The van der Waals surface area contributed by atoms with Crippen molar-refractivity contribution in [2.45, 2.75) is 13.0 Å². The molecule has 0 aromatic heterocycles. The molecule has 0 aliphatic carbocycles. The van der Waals surface area contributed by atoms with Gasteiger partial charge in [-0.05, 0) is 36.8 Å². The second-order valence-electron chi connectivity index (χ2n) is 5.05. The second-order valence-corrected chi connectivity index (χ2v) is 6.03. The third-order valence-corrected chi connectivity index (χ3v) is 4.00. The molecule has 1 unspecified atom stereocenters. The maximum absolute atomic E-state index is 14.2. The summed E-state index contributed by atoms with van der Waals surface area (Å²) < 4.78 is 19.7. The van der Waals surface area contributed by atoms with E-state index in [2.05, 4.69) is 5.32 Å². The Morgan fingerprint density at radius 2 is 2.08 bits per heavy atom. The SMILES string of the molecule is CC(NC(=O)CSCC#N)c1ccc(Oc2ccccc2)c(F)c1. The molecule has 1 amide bonds. The minimum atomic E-state index is -0.490. The van der Waals surface area contributed by atoms with Gasteiger partial charge in [0.1, 0.15) is 5.75 Å². The lowest BCUT2D eigenvalue weighted by atomic mass is 10.1. The number of para-hydroxylation sites is 1. The Labute approximate surface area is 144 Å². The Hall–Kier alpha value is -2.52. The summed E-state index contributed by atoms with van der Waals surface area (Å²) in [5, 5.41) is 11.2. The van der Waals surface area contributed by atoms with E-state index in [1.807, 2.05) is 24.3 Å². The summed E-state index contributed by atoms with van der Waals surface area (Å²) >= 11 is 1.24. The van der Waals surface area contributed by atoms with Crippen LogP contribution in [0.3, 0.4) is 0 Å². The minimum absolute atomic E-state index is 0.132. The number of thioether (sulfide) groups is 1. The topological polar surface area (TPSA) is 62.1 Å². The number of benzene rings is 2. The number of rotatable bonds is 7. The van der Waals surface area contributed by atoms with Gasteiger partial charge in [0.25, 0.3) is 0 Å². The molecular weight excluding hydrogens is 327 g/mol. The number of carbonyl (C=O) groups excluding carboxylic acids is 1. The fourth-order valence-electron chi connectivity index (χ4n) is 2.04. The number of ether oxygens (including phenoxy) is 1. The largest absolute Gasteiger partial charge is 0.454 e. The van der Waals surface area contributed by atoms with E-state index in [4.69, 9.17) is 10.00 Å². The number of halogens is 1. The van der Waals surface area contributed by atoms with E-state index in [1.165, 1.54) is 17.8 Å². The molecule has 2 aromatic rings. The minimum Gasteiger partial charge on any atom is -0.454 e. The van der Waals surface area contributed by atoms with Crippen LogP contribution in [0.4, 0.5) is 4.39 Å². The molecule has 0 bridgehead atoms. The fourth-order valence-corrected chi connectivity index (χ4v) is 2.50. The highest BCUT2D eigenvalue weighted by Gasteiger charge is 2.13. The molecule has 0 fully saturated rings. The third kappa shape index (κ3) is 5.28. The number of carbonyl (C=O) groups is 1. The van der Waals surface area contributed by atoms with Crippen LogP contribution in [0.5, 0.6) is 11.5 Å². The lowest BCUT2D eigenvalue weighted by molar-refractivity contribution is -0.119. The Balaban J connectivity index is 1.98. The number of hydrogen-bond donors (Lipinski definition) is 1. The summed E-state index contributed by atoms with van der Waals surface area (Å²) in [6, 6.07) is 15.2. The summed E-state index contributed by atoms with van der Waals surface area (Å²) in [7, 11) is 0. The molecule has 0 heterocycles. The predicted molar refractivity (Wildman–Crippen MR) is 92.4 cm³/mol. The van der Waals surface area contributed by atoms with Crippen LogP contribution < -0.4 is 10.1 Å². The van der Waals surface area contributed by atoms with E-state index >= 15 is 0 Å². The van der Waals surface area contributed by atoms with Gasteiger partial charge in [-0.3, -0.25) is 4.79 Å². The summed E-state index contributed by atoms with van der Waals surface area (Å²) in [4.78, 5) is 11.7. The normalized spacial score (nSPS) is 11.4. The highest BCUT2D eigenvalue weighted by molar-refractivity contribution is 8.00. The van der Waals surface area contributed by atoms with E-state index in [-0.39, 0.29) is 29.2 Å². The van der Waals surface area contributed by atoms with E-state index in [0.717, 1.165) is 0 Å². The first-order chi connectivity index (χ1) is 11.6. The van der Waals surface area contributed by atoms with Crippen molar-refractivity contribution in [1.82, 2.24) is 5.32 Å². The van der Waals surface area contributed by atoms with E-state index in [1.54, 1.807) is 31.2 Å². The van der Waals surface area contributed by atoms with Gasteiger partial charge in [0.15, 0.2) is 11.6 Å². The molecule has 2 aromatic carbocycles. The van der Waals surface area contributed by atoms with Crippen molar-refractivity contribution in [2.24, 2.45) is 0 Å². The van der Waals surface area contributed by atoms with E-state index < -0.39 is 5.82 Å². The van der Waals surface area contributed by atoms with E-state index in [0.29, 0.717) is 11.3 Å². The van der Waals surface area contributed by atoms with Crippen molar-refractivity contribution in [1.29, 1.82) is 5.26 Å². The molecule has 0 radical (unpaired) electrons. The van der Waals surface area contributed by atoms with E-state index in [9.17, 15) is 9.18 Å². The van der Waals surface area contributed by atoms with Gasteiger partial charge in [0.2, 0.25) is 5.91 Å². The standard InChI is InChI=1S/C18H17FN2O2S/c1-13(21-18(22)12-24-10-9-20)14-7-8-17(16(19)11-14)23-15-5-3-2-4-6-15/h2-8,11,13H,10,12H2,1H3,(H,21,22). The average Bonchev–Trinajstić information content (AvgIpc) is 2.58. The first-order valence-electron chi connectivity index (χ1n) is 7.36. The first kappa shape index (κ1) is 17.8. The molecule has 0 aliphatic rings. The van der Waals surface area contributed by atoms with Crippen LogP contribution >= 0.6 is 11.8 Å². The molecular formula is C18H17FN2O2S. The Morgan fingerprint density at radius 1 is 1.33 bits per heavy atom. The maximum Gasteiger partial charge on any atom is 0.230 e. The average molecular weight is 344 g/mol. The predicted octanol–water partition coefficient (Wildman–Crippen LogP) is 4.05. The molecule has 6 heteroatoms. The summed E-state index contributed by atoms with van der Waals surface area (Å²) in [6.07, 6.45) is 0. The molecule has 0 aliphatic heterocycles. The molecule has 1 atom stereocenters. The molecule has 1 N–H and O–H groups in total. The highest BCUT2D eigenvalue weighted by atomic mass is 32.2. The number of nitriles is 1. The van der Waals surface area contributed by atoms with Gasteiger partial charge in [-0.15, -0.1) is 11.8 Å². The smallest absolute Gasteiger partial charge is 0.230 e. The zero-order valence-electron chi connectivity index (χ0n) is 13.2. The molecule has 0 spiro atoms. The van der Waals surface area contributed by atoms with Crippen LogP contribution in [-0.4, -0.2) is 17.4 Å². The number of amides is 1. The van der Waals surface area contributed by atoms with Crippen molar-refractivity contribution in [3.63, 3.8) is 0 Å². The summed E-state index contributed by atoms with van der Waals surface area (Å²) in [5.41, 5.74) is 0.645. The van der Waals surface area contributed by atoms with Crippen LogP contribution in [0.25, 0.3) is 0 Å². The molecule has 24 heavy (non-hydrogen) atoms. The van der Waals surface area contributed by atoms with Gasteiger partial charge in [-0.1, -0.05) is 24.3 Å². The summed E-state index contributed by atoms with van der Waals surface area (Å²) in [5.74, 6) is 0.481. The first-order valence-corrected chi connectivity index (χ1v) is 8.52. The lowest BCUT2D eigenvalue weighted by Crippen LogP contribution is -2.28. The molecule has 0 saturated heterocycles. The summed E-state index contributed by atoms with van der Waals surface area (Å²) in [6.45, 7) is 1.78. The van der Waals surface area contributed by atoms with Gasteiger partial charge < -0.3 is 10.1 Å². The zero-order valence-corrected chi connectivity index (χ0v) is 14.0. The molecule has 0 saturated carbocycles. The van der Waals surface area contributed by atoms with Crippen LogP contribution in [0.2, 0.25) is 0 Å². The Kier molecular flexibility index (Phi) is 6.64. The monoisotopic (exact) mass is 344 g/mol. The quantitative estimate of drug-likeness (QED) is 0.770. The van der Waals surface area contributed by atoms with Gasteiger partial charge in [0, 0.05) is 0 Å². The zero-order chi connectivity index (χ0) is 17.4. The van der Waals surface area contributed by atoms with Crippen LogP contribution in [0.1, 0.15) is 18.5 Å². The lowest BCUT2D eigenvalue weighted by Gasteiger charge is -2.15. The van der Waals surface area contributed by atoms with Crippen LogP contribution in [0.15, 0.2) is 48.5 Å². The third-order valence-electron chi connectivity index (χ3n) is 3.20. The molecule has 2 rings (SSSR count). The van der Waals surface area contributed by atoms with Gasteiger partial charge in [-0.2, -0.15) is 5.26 Å². The van der Waals surface area contributed by atoms with Crippen LogP contribution in [-0.2, 0) is 4.79 Å². The second kappa shape index (κ2) is 8.94. The van der Waals surface area contributed by atoms with Crippen molar-refractivity contribution >= 4 is 17.7 Å².